The van der Waals surface area contributed by atoms with Gasteiger partial charge in [-0.3, -0.25) is 14.5 Å². The lowest BCUT2D eigenvalue weighted by Gasteiger charge is -2.29. The van der Waals surface area contributed by atoms with E-state index < -0.39 is 17.7 Å². The van der Waals surface area contributed by atoms with Crippen molar-refractivity contribution in [1.82, 2.24) is 9.80 Å². The Bertz CT molecular complexity index is 1220. The van der Waals surface area contributed by atoms with Crippen molar-refractivity contribution in [2.24, 2.45) is 0 Å². The lowest BCUT2D eigenvalue weighted by atomic mass is 9.94. The SMILES string of the molecule is CCCCOc1ccc([C@H]2C(=C(O)c3ccc4c(c3)C[C@H](C)O4)C(=O)C(=O)N2CCCN2CCOCC2)cc1. The third kappa shape index (κ3) is 5.97. The van der Waals surface area contributed by atoms with Gasteiger partial charge >= 0.3 is 0 Å². The molecular formula is C31H38N2O6. The number of likely N-dealkylation sites (tertiary alicyclic amines) is 1. The van der Waals surface area contributed by atoms with Gasteiger partial charge in [0.15, 0.2) is 0 Å². The largest absolute Gasteiger partial charge is 0.507 e. The van der Waals surface area contributed by atoms with Crippen LogP contribution >= 0.6 is 0 Å². The second kappa shape index (κ2) is 12.2. The molecule has 3 aliphatic rings. The number of ketones is 1. The fourth-order valence-corrected chi connectivity index (χ4v) is 5.55. The van der Waals surface area contributed by atoms with Crippen LogP contribution in [0.5, 0.6) is 11.5 Å². The van der Waals surface area contributed by atoms with Crippen molar-refractivity contribution >= 4 is 17.4 Å². The average molecular weight is 535 g/mol. The number of Topliss-reactive ketones (excluding diaryl/α,β-unsaturated/α-hetero) is 1. The summed E-state index contributed by atoms with van der Waals surface area (Å²) in [5, 5.41) is 11.5. The van der Waals surface area contributed by atoms with Crippen LogP contribution in [0.2, 0.25) is 0 Å². The van der Waals surface area contributed by atoms with Gasteiger partial charge in [0.25, 0.3) is 11.7 Å². The van der Waals surface area contributed by atoms with Gasteiger partial charge in [-0.2, -0.15) is 0 Å². The standard InChI is InChI=1S/C31H38N2O6/c1-3-4-16-38-25-9-6-22(7-10-25)28-27(29(34)23-8-11-26-24(20-23)19-21(2)39-26)30(35)31(36)33(28)13-5-12-32-14-17-37-18-15-32/h6-11,20-21,28,34H,3-5,12-19H2,1-2H3/t21-,28-/m0/s1. The highest BCUT2D eigenvalue weighted by Crippen LogP contribution is 2.41. The van der Waals surface area contributed by atoms with E-state index >= 15 is 0 Å². The van der Waals surface area contributed by atoms with Gasteiger partial charge < -0.3 is 24.2 Å². The summed E-state index contributed by atoms with van der Waals surface area (Å²) in [5.74, 6) is 0.142. The van der Waals surface area contributed by atoms with Crippen LogP contribution in [0.4, 0.5) is 0 Å². The molecule has 0 saturated carbocycles. The number of amides is 1. The van der Waals surface area contributed by atoms with Crippen molar-refractivity contribution in [3.8, 4) is 11.5 Å². The number of aliphatic hydroxyl groups excluding tert-OH is 1. The molecule has 5 rings (SSSR count). The van der Waals surface area contributed by atoms with Gasteiger partial charge in [0, 0.05) is 38.2 Å². The van der Waals surface area contributed by atoms with Crippen LogP contribution in [0, 0.1) is 0 Å². The Hall–Kier alpha value is -3.36. The Morgan fingerprint density at radius 3 is 2.56 bits per heavy atom. The summed E-state index contributed by atoms with van der Waals surface area (Å²) >= 11 is 0. The number of benzene rings is 2. The second-order valence-corrected chi connectivity index (χ2v) is 10.5. The molecule has 3 heterocycles. The summed E-state index contributed by atoms with van der Waals surface area (Å²) in [4.78, 5) is 30.7. The smallest absolute Gasteiger partial charge is 0.295 e. The molecule has 2 saturated heterocycles. The molecule has 0 aliphatic carbocycles. The van der Waals surface area contributed by atoms with Gasteiger partial charge in [-0.1, -0.05) is 25.5 Å². The first-order chi connectivity index (χ1) is 19.0. The molecule has 8 heteroatoms. The maximum atomic E-state index is 13.4. The van der Waals surface area contributed by atoms with Crippen molar-refractivity contribution < 1.29 is 28.9 Å². The van der Waals surface area contributed by atoms with Crippen LogP contribution in [0.25, 0.3) is 5.76 Å². The van der Waals surface area contributed by atoms with Crippen LogP contribution in [0.1, 0.15) is 55.8 Å². The molecule has 2 aromatic carbocycles. The van der Waals surface area contributed by atoms with Crippen LogP contribution in [0.15, 0.2) is 48.0 Å². The third-order valence-electron chi connectivity index (χ3n) is 7.65. The van der Waals surface area contributed by atoms with Gasteiger partial charge in [0.2, 0.25) is 0 Å². The number of ether oxygens (including phenoxy) is 3. The molecule has 3 aliphatic heterocycles. The molecule has 0 spiro atoms. The van der Waals surface area contributed by atoms with Crippen LogP contribution in [-0.4, -0.2) is 78.7 Å². The molecule has 2 fully saturated rings. The minimum Gasteiger partial charge on any atom is -0.507 e. The van der Waals surface area contributed by atoms with Crippen molar-refractivity contribution in [3.63, 3.8) is 0 Å². The maximum absolute atomic E-state index is 13.4. The van der Waals surface area contributed by atoms with E-state index in [9.17, 15) is 14.7 Å². The quantitative estimate of drug-likeness (QED) is 0.210. The molecule has 0 bridgehead atoms. The number of morpholine rings is 1. The first kappa shape index (κ1) is 27.2. The first-order valence-electron chi connectivity index (χ1n) is 14.1. The van der Waals surface area contributed by atoms with E-state index in [1.807, 2.05) is 43.3 Å². The summed E-state index contributed by atoms with van der Waals surface area (Å²) < 4.78 is 17.1. The van der Waals surface area contributed by atoms with Crippen LogP contribution < -0.4 is 9.47 Å². The van der Waals surface area contributed by atoms with Crippen molar-refractivity contribution in [3.05, 3.63) is 64.7 Å². The van der Waals surface area contributed by atoms with E-state index in [-0.39, 0.29) is 17.4 Å². The van der Waals surface area contributed by atoms with E-state index in [1.165, 1.54) is 0 Å². The molecule has 1 N–H and O–H groups in total. The number of fused-ring (bicyclic) bond motifs is 1. The molecule has 2 atom stereocenters. The summed E-state index contributed by atoms with van der Waals surface area (Å²) in [7, 11) is 0. The normalized spacial score (nSPS) is 22.7. The highest BCUT2D eigenvalue weighted by Gasteiger charge is 2.46. The van der Waals surface area contributed by atoms with Gasteiger partial charge in [-0.05, 0) is 61.2 Å². The molecule has 0 radical (unpaired) electrons. The summed E-state index contributed by atoms with van der Waals surface area (Å²) in [6, 6.07) is 12.3. The van der Waals surface area contributed by atoms with Gasteiger partial charge in [0.1, 0.15) is 23.4 Å². The maximum Gasteiger partial charge on any atom is 0.295 e. The van der Waals surface area contributed by atoms with Gasteiger partial charge in [0.05, 0.1) is 31.4 Å². The van der Waals surface area contributed by atoms with Gasteiger partial charge in [-0.25, -0.2) is 0 Å². The number of carbonyl (C=O) groups excluding carboxylic acids is 2. The average Bonchev–Trinajstić information content (AvgIpc) is 3.45. The molecular weight excluding hydrogens is 496 g/mol. The monoisotopic (exact) mass is 534 g/mol. The predicted molar refractivity (Wildman–Crippen MR) is 148 cm³/mol. The van der Waals surface area contributed by atoms with E-state index in [0.29, 0.717) is 31.9 Å². The first-order valence-corrected chi connectivity index (χ1v) is 14.1. The van der Waals surface area contributed by atoms with Crippen LogP contribution in [-0.2, 0) is 20.7 Å². The number of unbranched alkanes of at least 4 members (excludes halogenated alkanes) is 1. The summed E-state index contributed by atoms with van der Waals surface area (Å²) in [6.45, 7) is 9.12. The lowest BCUT2D eigenvalue weighted by molar-refractivity contribution is -0.140. The zero-order valence-electron chi connectivity index (χ0n) is 22.9. The van der Waals surface area contributed by atoms with Crippen molar-refractivity contribution in [1.29, 1.82) is 0 Å². The lowest BCUT2D eigenvalue weighted by Crippen LogP contribution is -2.38. The van der Waals surface area contributed by atoms with Crippen LogP contribution in [0.3, 0.4) is 0 Å². The highest BCUT2D eigenvalue weighted by molar-refractivity contribution is 6.46. The Labute approximate surface area is 230 Å². The fourth-order valence-electron chi connectivity index (χ4n) is 5.55. The fraction of sp³-hybridized carbons (Fsp3) is 0.484. The van der Waals surface area contributed by atoms with E-state index in [0.717, 1.165) is 67.9 Å². The van der Waals surface area contributed by atoms with Crippen molar-refractivity contribution in [2.75, 3.05) is 46.0 Å². The predicted octanol–water partition coefficient (Wildman–Crippen LogP) is 4.33. The molecule has 2 aromatic rings. The Kier molecular flexibility index (Phi) is 8.53. The Balaban J connectivity index is 1.45. The minimum atomic E-state index is -0.678. The van der Waals surface area contributed by atoms with Gasteiger partial charge in [-0.15, -0.1) is 0 Å². The molecule has 208 valence electrons. The molecule has 8 nitrogen and oxygen atoms in total. The number of hydrogen-bond donors (Lipinski definition) is 1. The van der Waals surface area contributed by atoms with E-state index in [2.05, 4.69) is 11.8 Å². The van der Waals surface area contributed by atoms with E-state index in [1.54, 1.807) is 11.0 Å². The molecule has 0 unspecified atom stereocenters. The Morgan fingerprint density at radius 2 is 1.82 bits per heavy atom. The number of carbonyl (C=O) groups is 2. The number of aliphatic hydroxyl groups is 1. The molecule has 39 heavy (non-hydrogen) atoms. The highest BCUT2D eigenvalue weighted by atomic mass is 16.5. The number of nitrogens with zero attached hydrogens (tertiary/aromatic N) is 2. The summed E-state index contributed by atoms with van der Waals surface area (Å²) in [6.07, 6.45) is 3.53. The van der Waals surface area contributed by atoms with E-state index in [4.69, 9.17) is 14.2 Å². The Morgan fingerprint density at radius 1 is 1.05 bits per heavy atom. The summed E-state index contributed by atoms with van der Waals surface area (Å²) in [5.41, 5.74) is 2.39. The molecule has 1 amide bonds. The number of hydrogen-bond acceptors (Lipinski definition) is 7. The number of rotatable bonds is 10. The third-order valence-corrected chi connectivity index (χ3v) is 7.65. The molecule has 0 aromatic heterocycles. The zero-order chi connectivity index (χ0) is 27.4. The van der Waals surface area contributed by atoms with Crippen molar-refractivity contribution in [2.45, 2.75) is 51.7 Å². The second-order valence-electron chi connectivity index (χ2n) is 10.5. The zero-order valence-corrected chi connectivity index (χ0v) is 22.9. The minimum absolute atomic E-state index is 0.0625. The topological polar surface area (TPSA) is 88.5 Å².